The number of likely N-dealkylation sites (tertiary alicyclic amines) is 1. The topological polar surface area (TPSA) is 32.3 Å². The first-order valence-electron chi connectivity index (χ1n) is 6.90. The molecule has 3 nitrogen and oxygen atoms in total. The molecule has 0 spiro atoms. The number of benzene rings is 1. The number of urea groups is 1. The molecular weight excluding hydrogens is 304 g/mol. The molecule has 2 rings (SSSR count). The Balaban J connectivity index is 2.10. The minimum Gasteiger partial charge on any atom is -0.325 e. The monoisotopic (exact) mass is 324 g/mol. The fourth-order valence-electron chi connectivity index (χ4n) is 2.57. The van der Waals surface area contributed by atoms with Crippen LogP contribution in [0, 0.1) is 13.8 Å². The van der Waals surface area contributed by atoms with Crippen molar-refractivity contribution in [3.8, 4) is 0 Å². The summed E-state index contributed by atoms with van der Waals surface area (Å²) >= 11 is 3.48. The number of aryl methyl sites for hydroxylation is 2. The van der Waals surface area contributed by atoms with E-state index in [0.717, 1.165) is 47.2 Å². The quantitative estimate of drug-likeness (QED) is 0.811. The summed E-state index contributed by atoms with van der Waals surface area (Å²) in [5.41, 5.74) is 3.13. The Labute approximate surface area is 123 Å². The van der Waals surface area contributed by atoms with Crippen molar-refractivity contribution in [3.63, 3.8) is 0 Å². The molecule has 1 aromatic rings. The van der Waals surface area contributed by atoms with Gasteiger partial charge in [-0.2, -0.15) is 0 Å². The highest BCUT2D eigenvalue weighted by atomic mass is 79.9. The molecule has 1 saturated heterocycles. The number of hydrogen-bond donors (Lipinski definition) is 1. The van der Waals surface area contributed by atoms with Gasteiger partial charge in [-0.05, 0) is 49.9 Å². The fraction of sp³-hybridized carbons (Fsp3) is 0.533. The average Bonchev–Trinajstić information content (AvgIpc) is 2.62. The van der Waals surface area contributed by atoms with Crippen LogP contribution in [0.3, 0.4) is 0 Å². The molecule has 1 aromatic carbocycles. The zero-order valence-corrected chi connectivity index (χ0v) is 13.2. The number of amides is 2. The van der Waals surface area contributed by atoms with Gasteiger partial charge in [0.1, 0.15) is 0 Å². The smallest absolute Gasteiger partial charge is 0.321 e. The van der Waals surface area contributed by atoms with Crippen LogP contribution < -0.4 is 5.32 Å². The Morgan fingerprint density at radius 3 is 2.16 bits per heavy atom. The molecule has 2 amide bonds. The van der Waals surface area contributed by atoms with E-state index in [0.29, 0.717) is 0 Å². The average molecular weight is 325 g/mol. The summed E-state index contributed by atoms with van der Waals surface area (Å²) < 4.78 is 1.05. The van der Waals surface area contributed by atoms with E-state index < -0.39 is 0 Å². The second-order valence-corrected chi connectivity index (χ2v) is 6.16. The van der Waals surface area contributed by atoms with Crippen molar-refractivity contribution >= 4 is 27.6 Å². The van der Waals surface area contributed by atoms with Crippen LogP contribution >= 0.6 is 15.9 Å². The first-order valence-corrected chi connectivity index (χ1v) is 7.70. The van der Waals surface area contributed by atoms with Gasteiger partial charge in [-0.15, -0.1) is 0 Å². The standard InChI is InChI=1S/C15H21BrN2O/c1-11-9-13(16)10-12(2)14(11)17-15(19)18-7-5-3-4-6-8-18/h9-10H,3-8H2,1-2H3,(H,17,19). The molecule has 0 radical (unpaired) electrons. The van der Waals surface area contributed by atoms with Crippen molar-refractivity contribution in [1.82, 2.24) is 4.90 Å². The van der Waals surface area contributed by atoms with E-state index in [4.69, 9.17) is 0 Å². The first-order chi connectivity index (χ1) is 9.08. The number of anilines is 1. The van der Waals surface area contributed by atoms with Gasteiger partial charge in [0.05, 0.1) is 0 Å². The van der Waals surface area contributed by atoms with Crippen molar-refractivity contribution in [2.24, 2.45) is 0 Å². The summed E-state index contributed by atoms with van der Waals surface area (Å²) in [6.45, 7) is 5.80. The van der Waals surface area contributed by atoms with Crippen molar-refractivity contribution in [1.29, 1.82) is 0 Å². The summed E-state index contributed by atoms with van der Waals surface area (Å²) in [5, 5.41) is 3.07. The van der Waals surface area contributed by atoms with Crippen molar-refractivity contribution < 1.29 is 4.79 Å². The van der Waals surface area contributed by atoms with Crippen LogP contribution in [0.25, 0.3) is 0 Å². The third-order valence-electron chi connectivity index (χ3n) is 3.62. The lowest BCUT2D eigenvalue weighted by Crippen LogP contribution is -2.35. The molecule has 1 N–H and O–H groups in total. The maximum atomic E-state index is 12.3. The van der Waals surface area contributed by atoms with E-state index in [9.17, 15) is 4.79 Å². The minimum atomic E-state index is 0.0374. The Hall–Kier alpha value is -1.03. The maximum absolute atomic E-state index is 12.3. The summed E-state index contributed by atoms with van der Waals surface area (Å²) in [7, 11) is 0. The molecule has 1 aliphatic rings. The van der Waals surface area contributed by atoms with Crippen LogP contribution in [0.15, 0.2) is 16.6 Å². The number of nitrogens with zero attached hydrogens (tertiary/aromatic N) is 1. The van der Waals surface area contributed by atoms with Crippen molar-refractivity contribution in [2.45, 2.75) is 39.5 Å². The number of hydrogen-bond acceptors (Lipinski definition) is 1. The molecule has 0 aliphatic carbocycles. The van der Waals surface area contributed by atoms with Gasteiger partial charge >= 0.3 is 6.03 Å². The highest BCUT2D eigenvalue weighted by Gasteiger charge is 2.17. The van der Waals surface area contributed by atoms with Gasteiger partial charge in [-0.3, -0.25) is 0 Å². The van der Waals surface area contributed by atoms with E-state index in [2.05, 4.69) is 21.2 Å². The lowest BCUT2D eigenvalue weighted by atomic mass is 10.1. The highest BCUT2D eigenvalue weighted by molar-refractivity contribution is 9.10. The third kappa shape index (κ3) is 3.72. The van der Waals surface area contributed by atoms with Crippen LogP contribution in [-0.2, 0) is 0 Å². The van der Waals surface area contributed by atoms with Crippen LogP contribution in [-0.4, -0.2) is 24.0 Å². The summed E-state index contributed by atoms with van der Waals surface area (Å²) in [6, 6.07) is 4.10. The molecule has 0 bridgehead atoms. The van der Waals surface area contributed by atoms with E-state index in [-0.39, 0.29) is 6.03 Å². The normalized spacial score (nSPS) is 16.1. The van der Waals surface area contributed by atoms with Gasteiger partial charge in [-0.25, -0.2) is 4.79 Å². The van der Waals surface area contributed by atoms with Crippen LogP contribution in [0.1, 0.15) is 36.8 Å². The fourth-order valence-corrected chi connectivity index (χ4v) is 3.25. The minimum absolute atomic E-state index is 0.0374. The third-order valence-corrected chi connectivity index (χ3v) is 4.08. The number of rotatable bonds is 1. The highest BCUT2D eigenvalue weighted by Crippen LogP contribution is 2.25. The van der Waals surface area contributed by atoms with E-state index >= 15 is 0 Å². The van der Waals surface area contributed by atoms with E-state index in [1.165, 1.54) is 12.8 Å². The second kappa shape index (κ2) is 6.42. The lowest BCUT2D eigenvalue weighted by molar-refractivity contribution is 0.213. The molecule has 1 heterocycles. The SMILES string of the molecule is Cc1cc(Br)cc(C)c1NC(=O)N1CCCCCC1. The molecule has 19 heavy (non-hydrogen) atoms. The summed E-state index contributed by atoms with van der Waals surface area (Å²) in [5.74, 6) is 0. The van der Waals surface area contributed by atoms with Gasteiger partial charge in [-0.1, -0.05) is 28.8 Å². The molecule has 104 valence electrons. The molecule has 0 atom stereocenters. The zero-order valence-electron chi connectivity index (χ0n) is 11.6. The van der Waals surface area contributed by atoms with E-state index in [1.807, 2.05) is 30.9 Å². The molecule has 0 saturated carbocycles. The van der Waals surface area contributed by atoms with Gasteiger partial charge in [0.2, 0.25) is 0 Å². The molecule has 0 unspecified atom stereocenters. The number of halogens is 1. The predicted octanol–water partition coefficient (Wildman–Crippen LogP) is 4.47. The number of carbonyl (C=O) groups is 1. The second-order valence-electron chi connectivity index (χ2n) is 5.25. The van der Waals surface area contributed by atoms with Gasteiger partial charge in [0, 0.05) is 23.2 Å². The molecule has 1 fully saturated rings. The zero-order chi connectivity index (χ0) is 13.8. The number of nitrogens with one attached hydrogen (secondary N) is 1. The summed E-state index contributed by atoms with van der Waals surface area (Å²) in [6.07, 6.45) is 4.71. The Bertz CT molecular complexity index is 442. The Morgan fingerprint density at radius 2 is 1.63 bits per heavy atom. The lowest BCUT2D eigenvalue weighted by Gasteiger charge is -2.22. The Kier molecular flexibility index (Phi) is 4.86. The van der Waals surface area contributed by atoms with Crippen LogP contribution in [0.4, 0.5) is 10.5 Å². The van der Waals surface area contributed by atoms with Crippen LogP contribution in [0.2, 0.25) is 0 Å². The van der Waals surface area contributed by atoms with Crippen LogP contribution in [0.5, 0.6) is 0 Å². The molecule has 1 aliphatic heterocycles. The van der Waals surface area contributed by atoms with Gasteiger partial charge in [0.15, 0.2) is 0 Å². The predicted molar refractivity (Wildman–Crippen MR) is 82.7 cm³/mol. The van der Waals surface area contributed by atoms with Gasteiger partial charge in [0.25, 0.3) is 0 Å². The van der Waals surface area contributed by atoms with Crippen molar-refractivity contribution in [3.05, 3.63) is 27.7 Å². The van der Waals surface area contributed by atoms with Gasteiger partial charge < -0.3 is 10.2 Å². The summed E-state index contributed by atoms with van der Waals surface area (Å²) in [4.78, 5) is 14.3. The maximum Gasteiger partial charge on any atom is 0.321 e. The molecular formula is C15H21BrN2O. The van der Waals surface area contributed by atoms with E-state index in [1.54, 1.807) is 0 Å². The van der Waals surface area contributed by atoms with Crippen molar-refractivity contribution in [2.75, 3.05) is 18.4 Å². The largest absolute Gasteiger partial charge is 0.325 e. The molecule has 4 heteroatoms. The number of carbonyl (C=O) groups excluding carboxylic acids is 1. The Morgan fingerprint density at radius 1 is 1.11 bits per heavy atom. The molecule has 0 aromatic heterocycles. The first kappa shape index (κ1) is 14.4.